The Morgan fingerprint density at radius 3 is 2.40 bits per heavy atom. The molecule has 1 aliphatic rings. The Kier molecular flexibility index (Phi) is 7.47. The molecule has 1 heterocycles. The first kappa shape index (κ1) is 11.1. The van der Waals surface area contributed by atoms with Gasteiger partial charge in [-0.15, -0.1) is 0 Å². The number of nitrogens with zero attached hydrogens (tertiary/aromatic N) is 1. The summed E-state index contributed by atoms with van der Waals surface area (Å²) >= 11 is 0. The predicted octanol–water partition coefficient (Wildman–Crippen LogP) is 1.69. The number of rotatable bonds is 2. The summed E-state index contributed by atoms with van der Waals surface area (Å²) in [5.74, 6) is 0. The monoisotopic (exact) mass is 215 g/mol. The van der Waals surface area contributed by atoms with Crippen molar-refractivity contribution in [2.24, 2.45) is 0 Å². The number of hydrogen-bond donors (Lipinski definition) is 0. The molecule has 1 saturated heterocycles. The third kappa shape index (κ3) is 4.05. The molecule has 1 radical (unpaired) electrons. The van der Waals surface area contributed by atoms with Gasteiger partial charge in [0.25, 0.3) is 0 Å². The van der Waals surface area contributed by atoms with Crippen LogP contribution in [-0.4, -0.2) is 24.5 Å². The van der Waals surface area contributed by atoms with Gasteiger partial charge in [-0.2, -0.15) is 12.8 Å². The van der Waals surface area contributed by atoms with Crippen molar-refractivity contribution in [3.63, 3.8) is 0 Å². The van der Waals surface area contributed by atoms with Crippen LogP contribution in [0, 0.1) is 6.42 Å². The molecule has 1 rings (SSSR count). The molecule has 0 N–H and O–H groups in total. The molecular weight excluding hydrogens is 199 g/mol. The summed E-state index contributed by atoms with van der Waals surface area (Å²) in [6.07, 6.45) is 6.31. The summed E-state index contributed by atoms with van der Waals surface area (Å²) in [5, 5.41) is 0. The normalized spacial score (nSPS) is 20.1. The minimum absolute atomic E-state index is 0. The molecule has 0 bridgehead atoms. The van der Waals surface area contributed by atoms with Crippen molar-refractivity contribution in [1.29, 1.82) is 0 Å². The third-order valence-electron chi connectivity index (χ3n) is 1.84. The Labute approximate surface area is 89.4 Å². The second-order valence-electron chi connectivity index (χ2n) is 2.71. The van der Waals surface area contributed by atoms with E-state index < -0.39 is 0 Å². The summed E-state index contributed by atoms with van der Waals surface area (Å²) in [5.41, 5.74) is 0. The van der Waals surface area contributed by atoms with E-state index in [4.69, 9.17) is 0 Å². The van der Waals surface area contributed by atoms with Gasteiger partial charge in [0.15, 0.2) is 0 Å². The van der Waals surface area contributed by atoms with Crippen LogP contribution in [0.4, 0.5) is 0 Å². The van der Waals surface area contributed by atoms with Crippen LogP contribution < -0.4 is 0 Å². The van der Waals surface area contributed by atoms with Crippen molar-refractivity contribution < 1.29 is 32.7 Å². The largest absolute Gasteiger partial charge is 0.326 e. The van der Waals surface area contributed by atoms with E-state index in [0.29, 0.717) is 0 Å². The quantitative estimate of drug-likeness (QED) is 0.633. The SMILES string of the molecule is CCCN1CC[CH-]CC1.[Y]. The fourth-order valence-electron chi connectivity index (χ4n) is 1.34. The first-order chi connectivity index (χ1) is 4.43. The van der Waals surface area contributed by atoms with Crippen molar-refractivity contribution in [3.8, 4) is 0 Å². The smallest absolute Gasteiger partial charge is 0 e. The van der Waals surface area contributed by atoms with E-state index in [1.807, 2.05) is 0 Å². The van der Waals surface area contributed by atoms with E-state index in [1.54, 1.807) is 0 Å². The average molecular weight is 215 g/mol. The molecule has 1 aliphatic heterocycles. The van der Waals surface area contributed by atoms with Crippen LogP contribution in [0.25, 0.3) is 0 Å². The summed E-state index contributed by atoms with van der Waals surface area (Å²) in [7, 11) is 0. The molecule has 0 spiro atoms. The Morgan fingerprint density at radius 2 is 1.90 bits per heavy atom. The zero-order valence-corrected chi connectivity index (χ0v) is 9.68. The zero-order chi connectivity index (χ0) is 6.53. The number of likely N-dealkylation sites (tertiary alicyclic amines) is 1. The van der Waals surface area contributed by atoms with Crippen molar-refractivity contribution in [2.75, 3.05) is 19.6 Å². The molecule has 0 amide bonds. The fourth-order valence-corrected chi connectivity index (χ4v) is 1.34. The molecule has 2 heteroatoms. The van der Waals surface area contributed by atoms with Crippen LogP contribution in [-0.2, 0) is 32.7 Å². The van der Waals surface area contributed by atoms with Crippen LogP contribution in [0.5, 0.6) is 0 Å². The second-order valence-corrected chi connectivity index (χ2v) is 2.71. The summed E-state index contributed by atoms with van der Waals surface area (Å²) in [6, 6.07) is 0. The van der Waals surface area contributed by atoms with E-state index in [9.17, 15) is 0 Å². The van der Waals surface area contributed by atoms with Gasteiger partial charge in [-0.05, 0) is 26.1 Å². The van der Waals surface area contributed by atoms with Gasteiger partial charge in [-0.1, -0.05) is 6.92 Å². The van der Waals surface area contributed by atoms with Gasteiger partial charge in [0.1, 0.15) is 0 Å². The zero-order valence-electron chi connectivity index (χ0n) is 6.84. The first-order valence-electron chi connectivity index (χ1n) is 3.97. The molecule has 1 fully saturated rings. The van der Waals surface area contributed by atoms with Crippen LogP contribution in [0.1, 0.15) is 26.2 Å². The fraction of sp³-hybridized carbons (Fsp3) is 0.875. The first-order valence-corrected chi connectivity index (χ1v) is 3.97. The molecule has 0 aliphatic carbocycles. The van der Waals surface area contributed by atoms with Gasteiger partial charge >= 0.3 is 0 Å². The molecule has 1 nitrogen and oxygen atoms in total. The maximum atomic E-state index is 2.54. The Hall–Kier alpha value is 1.06. The molecule has 0 aromatic rings. The van der Waals surface area contributed by atoms with Crippen LogP contribution in [0.3, 0.4) is 0 Å². The van der Waals surface area contributed by atoms with Gasteiger partial charge in [-0.25, -0.2) is 0 Å². The molecule has 0 unspecified atom stereocenters. The van der Waals surface area contributed by atoms with Gasteiger partial charge in [0.05, 0.1) is 0 Å². The second kappa shape index (κ2) is 6.75. The van der Waals surface area contributed by atoms with E-state index in [1.165, 1.54) is 38.9 Å². The van der Waals surface area contributed by atoms with E-state index in [0.717, 1.165) is 0 Å². The number of hydrogen-bond acceptors (Lipinski definition) is 1. The standard InChI is InChI=1S/C8H16N.Y/c1-2-6-9-7-4-3-5-8-9;/h3H,2,4-8H2,1H3;/q-1;. The minimum atomic E-state index is 0. The molecule has 0 aromatic carbocycles. The maximum Gasteiger partial charge on any atom is 0 e. The summed E-state index contributed by atoms with van der Waals surface area (Å²) < 4.78 is 0. The molecule has 0 aromatic heterocycles. The molecular formula is C8H16NY-. The van der Waals surface area contributed by atoms with Crippen molar-refractivity contribution >= 4 is 0 Å². The number of piperidine rings is 1. The van der Waals surface area contributed by atoms with Crippen molar-refractivity contribution in [1.82, 2.24) is 4.90 Å². The summed E-state index contributed by atoms with van der Waals surface area (Å²) in [4.78, 5) is 2.54. The molecule has 57 valence electrons. The van der Waals surface area contributed by atoms with Crippen molar-refractivity contribution in [2.45, 2.75) is 26.2 Å². The Balaban J connectivity index is 0.000000810. The topological polar surface area (TPSA) is 3.24 Å². The Morgan fingerprint density at radius 1 is 1.30 bits per heavy atom. The van der Waals surface area contributed by atoms with E-state index >= 15 is 0 Å². The van der Waals surface area contributed by atoms with Crippen molar-refractivity contribution in [3.05, 3.63) is 6.42 Å². The van der Waals surface area contributed by atoms with Crippen LogP contribution >= 0.6 is 0 Å². The molecule has 10 heavy (non-hydrogen) atoms. The Bertz CT molecular complexity index is 66.9. The van der Waals surface area contributed by atoms with E-state index in [2.05, 4.69) is 18.2 Å². The molecule has 0 atom stereocenters. The van der Waals surface area contributed by atoms with Gasteiger partial charge in [0, 0.05) is 32.7 Å². The third-order valence-corrected chi connectivity index (χ3v) is 1.84. The van der Waals surface area contributed by atoms with E-state index in [-0.39, 0.29) is 32.7 Å². The predicted molar refractivity (Wildman–Crippen MR) is 40.3 cm³/mol. The summed E-state index contributed by atoms with van der Waals surface area (Å²) in [6.45, 7) is 6.15. The van der Waals surface area contributed by atoms with Gasteiger partial charge < -0.3 is 11.3 Å². The van der Waals surface area contributed by atoms with Crippen LogP contribution in [0.2, 0.25) is 0 Å². The van der Waals surface area contributed by atoms with Gasteiger partial charge in [0.2, 0.25) is 0 Å². The van der Waals surface area contributed by atoms with Gasteiger partial charge in [-0.3, -0.25) is 0 Å². The minimum Gasteiger partial charge on any atom is -0.326 e. The average Bonchev–Trinajstić information content (AvgIpc) is 1.91. The molecule has 0 saturated carbocycles. The van der Waals surface area contributed by atoms with Crippen LogP contribution in [0.15, 0.2) is 0 Å². The maximum absolute atomic E-state index is 2.54.